The quantitative estimate of drug-likeness (QED) is 0.909. The smallest absolute Gasteiger partial charge is 0.252 e. The highest BCUT2D eigenvalue weighted by atomic mass is 16.7. The van der Waals surface area contributed by atoms with Crippen molar-refractivity contribution in [2.75, 3.05) is 11.5 Å². The molecular formula is C16H25NO2. The number of benzene rings is 1. The Hall–Kier alpha value is -1.06. The highest BCUT2D eigenvalue weighted by molar-refractivity contribution is 5.61. The van der Waals surface area contributed by atoms with Gasteiger partial charge in [0, 0.05) is 11.6 Å². The number of anilines is 1. The first-order valence-electron chi connectivity index (χ1n) is 7.16. The lowest BCUT2D eigenvalue weighted by atomic mass is 10.0. The first-order chi connectivity index (χ1) is 8.91. The Kier molecular flexibility index (Phi) is 3.88. The molecule has 1 aliphatic heterocycles. The lowest BCUT2D eigenvalue weighted by Gasteiger charge is -2.40. The van der Waals surface area contributed by atoms with E-state index in [4.69, 9.17) is 4.74 Å². The van der Waals surface area contributed by atoms with Gasteiger partial charge >= 0.3 is 0 Å². The Balaban J connectivity index is 2.55. The third-order valence-electron chi connectivity index (χ3n) is 4.02. The molecule has 3 nitrogen and oxygen atoms in total. The van der Waals surface area contributed by atoms with E-state index in [1.165, 1.54) is 11.1 Å². The van der Waals surface area contributed by atoms with Crippen LogP contribution in [0.1, 0.15) is 38.8 Å². The summed E-state index contributed by atoms with van der Waals surface area (Å²) < 4.78 is 5.72. The molecule has 0 bridgehead atoms. The average Bonchev–Trinajstić information content (AvgIpc) is 2.67. The second-order valence-corrected chi connectivity index (χ2v) is 5.78. The van der Waals surface area contributed by atoms with Crippen LogP contribution in [0.2, 0.25) is 0 Å². The maximum atomic E-state index is 10.9. The molecule has 0 amide bonds. The number of ether oxygens (including phenoxy) is 1. The minimum atomic E-state index is -1.20. The first kappa shape index (κ1) is 14.4. The van der Waals surface area contributed by atoms with Gasteiger partial charge in [-0.15, -0.1) is 0 Å². The topological polar surface area (TPSA) is 32.7 Å². The fraction of sp³-hybridized carbons (Fsp3) is 0.625. The molecule has 0 aliphatic carbocycles. The second-order valence-electron chi connectivity index (χ2n) is 5.78. The van der Waals surface area contributed by atoms with Crippen LogP contribution in [0, 0.1) is 12.8 Å². The van der Waals surface area contributed by atoms with Gasteiger partial charge in [0.05, 0.1) is 12.6 Å². The van der Waals surface area contributed by atoms with Gasteiger partial charge in [-0.2, -0.15) is 0 Å². The molecule has 2 rings (SSSR count). The molecule has 1 aliphatic rings. The minimum Gasteiger partial charge on any atom is -0.348 e. The van der Waals surface area contributed by atoms with E-state index in [1.807, 2.05) is 13.8 Å². The standard InChI is InChI=1S/C16H25NO2/c1-6-14-9-7-8-12(4)15(14)17-13(5)10-19-16(17,18)11(2)3/h7-9,11,13,18H,6,10H2,1-5H3. The Morgan fingerprint density at radius 1 is 1.47 bits per heavy atom. The number of para-hydroxylation sites is 1. The van der Waals surface area contributed by atoms with Crippen LogP contribution >= 0.6 is 0 Å². The molecule has 2 unspecified atom stereocenters. The lowest BCUT2D eigenvalue weighted by molar-refractivity contribution is -0.197. The van der Waals surface area contributed by atoms with E-state index in [1.54, 1.807) is 0 Å². The molecule has 0 saturated carbocycles. The summed E-state index contributed by atoms with van der Waals surface area (Å²) >= 11 is 0. The second kappa shape index (κ2) is 5.14. The molecular weight excluding hydrogens is 238 g/mol. The average molecular weight is 263 g/mol. The van der Waals surface area contributed by atoms with Crippen molar-refractivity contribution >= 4 is 5.69 Å². The lowest BCUT2D eigenvalue weighted by Crippen LogP contribution is -2.52. The van der Waals surface area contributed by atoms with Crippen molar-refractivity contribution in [3.8, 4) is 0 Å². The van der Waals surface area contributed by atoms with Crippen molar-refractivity contribution in [2.45, 2.75) is 53.0 Å². The van der Waals surface area contributed by atoms with Crippen molar-refractivity contribution in [3.63, 3.8) is 0 Å². The number of hydrogen-bond acceptors (Lipinski definition) is 3. The Bertz CT molecular complexity index is 458. The number of rotatable bonds is 3. The molecule has 2 atom stereocenters. The van der Waals surface area contributed by atoms with Crippen LogP contribution < -0.4 is 4.90 Å². The predicted molar refractivity (Wildman–Crippen MR) is 78.2 cm³/mol. The van der Waals surface area contributed by atoms with Crippen LogP contribution in [0.3, 0.4) is 0 Å². The third kappa shape index (κ3) is 2.26. The van der Waals surface area contributed by atoms with Crippen molar-refractivity contribution < 1.29 is 9.84 Å². The molecule has 3 heteroatoms. The molecule has 1 aromatic rings. The SMILES string of the molecule is CCc1cccc(C)c1N1C(C)COC1(O)C(C)C. The van der Waals surface area contributed by atoms with Crippen molar-refractivity contribution in [1.82, 2.24) is 0 Å². The summed E-state index contributed by atoms with van der Waals surface area (Å²) in [6, 6.07) is 6.49. The van der Waals surface area contributed by atoms with Crippen LogP contribution in [-0.4, -0.2) is 23.7 Å². The van der Waals surface area contributed by atoms with Crippen molar-refractivity contribution in [2.24, 2.45) is 5.92 Å². The molecule has 0 aromatic heterocycles. The van der Waals surface area contributed by atoms with Crippen LogP contribution in [0.15, 0.2) is 18.2 Å². The van der Waals surface area contributed by atoms with E-state index < -0.39 is 5.91 Å². The highest BCUT2D eigenvalue weighted by Crippen LogP contribution is 2.40. The zero-order valence-electron chi connectivity index (χ0n) is 12.6. The molecule has 1 fully saturated rings. The normalized spacial score (nSPS) is 27.3. The van der Waals surface area contributed by atoms with Gasteiger partial charge in [-0.05, 0) is 31.4 Å². The molecule has 1 N–H and O–H groups in total. The van der Waals surface area contributed by atoms with Crippen molar-refractivity contribution in [1.29, 1.82) is 0 Å². The summed E-state index contributed by atoms with van der Waals surface area (Å²) in [5, 5.41) is 10.9. The van der Waals surface area contributed by atoms with E-state index in [2.05, 4.69) is 43.9 Å². The number of hydrogen-bond donors (Lipinski definition) is 1. The van der Waals surface area contributed by atoms with E-state index in [9.17, 15) is 5.11 Å². The van der Waals surface area contributed by atoms with Gasteiger partial charge in [0.2, 0.25) is 0 Å². The van der Waals surface area contributed by atoms with E-state index in [0.29, 0.717) is 6.61 Å². The minimum absolute atomic E-state index is 0.0155. The predicted octanol–water partition coefficient (Wildman–Crippen LogP) is 3.08. The van der Waals surface area contributed by atoms with Gasteiger partial charge in [-0.25, -0.2) is 0 Å². The number of aliphatic hydroxyl groups is 1. The van der Waals surface area contributed by atoms with Gasteiger partial charge in [0.15, 0.2) is 0 Å². The molecule has 1 heterocycles. The number of nitrogens with zero attached hydrogens (tertiary/aromatic N) is 1. The largest absolute Gasteiger partial charge is 0.348 e. The summed E-state index contributed by atoms with van der Waals surface area (Å²) in [5.41, 5.74) is 3.58. The Morgan fingerprint density at radius 3 is 2.74 bits per heavy atom. The van der Waals surface area contributed by atoms with E-state index >= 15 is 0 Å². The van der Waals surface area contributed by atoms with Crippen molar-refractivity contribution in [3.05, 3.63) is 29.3 Å². The van der Waals surface area contributed by atoms with E-state index in [-0.39, 0.29) is 12.0 Å². The summed E-state index contributed by atoms with van der Waals surface area (Å²) in [6.45, 7) is 10.9. The van der Waals surface area contributed by atoms with Crippen LogP contribution in [0.25, 0.3) is 0 Å². The monoisotopic (exact) mass is 263 g/mol. The molecule has 1 aromatic carbocycles. The molecule has 19 heavy (non-hydrogen) atoms. The summed E-state index contributed by atoms with van der Waals surface area (Å²) in [4.78, 5) is 2.06. The van der Waals surface area contributed by atoms with Crippen LogP contribution in [0.5, 0.6) is 0 Å². The molecule has 1 saturated heterocycles. The third-order valence-corrected chi connectivity index (χ3v) is 4.02. The fourth-order valence-corrected chi connectivity index (χ4v) is 2.88. The van der Waals surface area contributed by atoms with Crippen LogP contribution in [-0.2, 0) is 11.2 Å². The first-order valence-corrected chi connectivity index (χ1v) is 7.16. The van der Waals surface area contributed by atoms with Gasteiger partial charge in [0.25, 0.3) is 5.91 Å². The van der Waals surface area contributed by atoms with E-state index in [0.717, 1.165) is 12.1 Å². The molecule has 106 valence electrons. The summed E-state index contributed by atoms with van der Waals surface area (Å²) in [5.74, 6) is -1.18. The van der Waals surface area contributed by atoms with Gasteiger partial charge < -0.3 is 14.7 Å². The fourth-order valence-electron chi connectivity index (χ4n) is 2.88. The summed E-state index contributed by atoms with van der Waals surface area (Å²) in [6.07, 6.45) is 0.953. The maximum Gasteiger partial charge on any atom is 0.252 e. The molecule has 0 radical (unpaired) electrons. The summed E-state index contributed by atoms with van der Waals surface area (Å²) in [7, 11) is 0. The highest BCUT2D eigenvalue weighted by Gasteiger charge is 2.48. The van der Waals surface area contributed by atoms with Gasteiger partial charge in [-0.1, -0.05) is 39.0 Å². The Morgan fingerprint density at radius 2 is 2.16 bits per heavy atom. The number of aryl methyl sites for hydroxylation is 2. The Labute approximate surface area is 116 Å². The van der Waals surface area contributed by atoms with Crippen LogP contribution in [0.4, 0.5) is 5.69 Å². The zero-order valence-corrected chi connectivity index (χ0v) is 12.6. The molecule has 0 spiro atoms. The van der Waals surface area contributed by atoms with Gasteiger partial charge in [-0.3, -0.25) is 0 Å². The zero-order chi connectivity index (χ0) is 14.2. The maximum absolute atomic E-state index is 10.9. The van der Waals surface area contributed by atoms with Gasteiger partial charge in [0.1, 0.15) is 0 Å².